The molecule has 0 bridgehead atoms. The molecule has 11 heteroatoms. The maximum absolute atomic E-state index is 12.4. The third-order valence-corrected chi connectivity index (χ3v) is 6.08. The maximum Gasteiger partial charge on any atom is 0.262 e. The van der Waals surface area contributed by atoms with Crippen LogP contribution in [0.2, 0.25) is 0 Å². The van der Waals surface area contributed by atoms with Gasteiger partial charge in [-0.3, -0.25) is 4.79 Å². The summed E-state index contributed by atoms with van der Waals surface area (Å²) in [6.07, 6.45) is 1.86. The van der Waals surface area contributed by atoms with Crippen molar-refractivity contribution in [3.63, 3.8) is 0 Å². The third kappa shape index (κ3) is 4.13. The van der Waals surface area contributed by atoms with E-state index in [1.807, 2.05) is 19.1 Å². The largest absolute Gasteiger partial charge is 0.376 e. The predicted molar refractivity (Wildman–Crippen MR) is 121 cm³/mol. The van der Waals surface area contributed by atoms with E-state index in [9.17, 15) is 9.90 Å². The summed E-state index contributed by atoms with van der Waals surface area (Å²) in [5.41, 5.74) is 0.494. The average molecular weight is 466 g/mol. The quantitative estimate of drug-likeness (QED) is 0.527. The van der Waals surface area contributed by atoms with Crippen molar-refractivity contribution in [3.05, 3.63) is 42.3 Å². The van der Waals surface area contributed by atoms with Gasteiger partial charge in [0.15, 0.2) is 5.76 Å². The average Bonchev–Trinajstić information content (AvgIpc) is 3.58. The van der Waals surface area contributed by atoms with E-state index in [1.165, 1.54) is 4.90 Å². The fourth-order valence-electron chi connectivity index (χ4n) is 4.18. The Bertz CT molecular complexity index is 1190. The number of nitrogens with zero attached hydrogens (tertiary/aromatic N) is 5. The summed E-state index contributed by atoms with van der Waals surface area (Å²) in [5.74, 6) is 0.164. The zero-order valence-electron chi connectivity index (χ0n) is 19.0. The molecule has 2 aliphatic heterocycles. The fourth-order valence-corrected chi connectivity index (χ4v) is 4.18. The molecule has 11 nitrogen and oxygen atoms in total. The number of pyridine rings is 1. The van der Waals surface area contributed by atoms with Crippen molar-refractivity contribution >= 4 is 11.9 Å². The lowest BCUT2D eigenvalue weighted by molar-refractivity contribution is -0.144. The molecule has 3 aromatic rings. The number of likely N-dealkylation sites (tertiary alicyclic amines) is 1. The Hall–Kier alpha value is -3.41. The number of nitrogens with one attached hydrogen (secondary N) is 1. The van der Waals surface area contributed by atoms with Crippen LogP contribution in [0.25, 0.3) is 22.8 Å². The Morgan fingerprint density at radius 2 is 2.00 bits per heavy atom. The van der Waals surface area contributed by atoms with Crippen molar-refractivity contribution in [1.29, 1.82) is 0 Å². The highest BCUT2D eigenvalue weighted by molar-refractivity contribution is 5.87. The van der Waals surface area contributed by atoms with Gasteiger partial charge < -0.3 is 29.3 Å². The molecular formula is C23H26N6O5. The van der Waals surface area contributed by atoms with E-state index < -0.39 is 11.5 Å². The number of ether oxygens (including phenoxy) is 2. The Morgan fingerprint density at radius 1 is 1.21 bits per heavy atom. The minimum atomic E-state index is -1.70. The molecule has 178 valence electrons. The second-order valence-corrected chi connectivity index (χ2v) is 8.37. The molecule has 34 heavy (non-hydrogen) atoms. The first-order chi connectivity index (χ1) is 16.5. The normalized spacial score (nSPS) is 24.7. The van der Waals surface area contributed by atoms with Crippen molar-refractivity contribution in [2.75, 3.05) is 38.7 Å². The third-order valence-electron chi connectivity index (χ3n) is 6.08. The summed E-state index contributed by atoms with van der Waals surface area (Å²) in [7, 11) is 1.64. The highest BCUT2D eigenvalue weighted by Crippen LogP contribution is 2.34. The molecule has 5 heterocycles. The first kappa shape index (κ1) is 22.4. The minimum absolute atomic E-state index is 0.0359. The molecular weight excluding hydrogens is 440 g/mol. The molecule has 3 atom stereocenters. The monoisotopic (exact) mass is 466 g/mol. The number of hydrogen-bond acceptors (Lipinski definition) is 10. The summed E-state index contributed by atoms with van der Waals surface area (Å²) in [6.45, 7) is 4.06. The highest BCUT2D eigenvalue weighted by Gasteiger charge is 2.48. The molecule has 0 aromatic carbocycles. The van der Waals surface area contributed by atoms with Crippen LogP contribution in [0.5, 0.6) is 0 Å². The van der Waals surface area contributed by atoms with Crippen molar-refractivity contribution in [1.82, 2.24) is 25.0 Å². The first-order valence-corrected chi connectivity index (χ1v) is 11.2. The molecule has 0 aliphatic carbocycles. The zero-order valence-corrected chi connectivity index (χ0v) is 19.0. The Balaban J connectivity index is 1.37. The zero-order chi connectivity index (χ0) is 23.7. The maximum atomic E-state index is 12.4. The molecule has 2 N–H and O–H groups in total. The van der Waals surface area contributed by atoms with Gasteiger partial charge in [-0.1, -0.05) is 11.2 Å². The van der Waals surface area contributed by atoms with E-state index in [0.717, 1.165) is 0 Å². The molecule has 5 rings (SSSR count). The van der Waals surface area contributed by atoms with Gasteiger partial charge in [-0.15, -0.1) is 0 Å². The number of aromatic nitrogens is 4. The number of likely N-dealkylation sites (N-methyl/N-ethyl adjacent to an activating group) is 1. The summed E-state index contributed by atoms with van der Waals surface area (Å²) < 4.78 is 16.6. The number of carbonyl (C=O) groups is 1. The van der Waals surface area contributed by atoms with Gasteiger partial charge >= 0.3 is 0 Å². The van der Waals surface area contributed by atoms with Gasteiger partial charge in [-0.25, -0.2) is 15.0 Å². The Labute approximate surface area is 196 Å². The van der Waals surface area contributed by atoms with Gasteiger partial charge in [0.2, 0.25) is 11.5 Å². The molecule has 0 radical (unpaired) electrons. The number of carbonyl (C=O) groups excluding carboxylic acids is 1. The molecule has 0 saturated carbocycles. The van der Waals surface area contributed by atoms with E-state index in [-0.39, 0.29) is 24.3 Å². The lowest BCUT2D eigenvalue weighted by atomic mass is 9.98. The summed E-state index contributed by atoms with van der Waals surface area (Å²) in [4.78, 5) is 27.4. The molecule has 2 aliphatic rings. The van der Waals surface area contributed by atoms with Crippen LogP contribution < -0.4 is 5.32 Å². The molecule has 2 fully saturated rings. The number of rotatable bonds is 7. The van der Waals surface area contributed by atoms with Gasteiger partial charge in [-0.2, -0.15) is 0 Å². The summed E-state index contributed by atoms with van der Waals surface area (Å²) in [5, 5.41) is 18.1. The van der Waals surface area contributed by atoms with E-state index >= 15 is 0 Å². The minimum Gasteiger partial charge on any atom is -0.376 e. The van der Waals surface area contributed by atoms with Gasteiger partial charge in [0, 0.05) is 38.9 Å². The predicted octanol–water partition coefficient (Wildman–Crippen LogP) is 1.46. The summed E-state index contributed by atoms with van der Waals surface area (Å²) in [6, 6.07) is 8.74. The van der Waals surface area contributed by atoms with Crippen molar-refractivity contribution in [3.8, 4) is 22.8 Å². The number of hydrogen-bond donors (Lipinski definition) is 2. The second kappa shape index (κ2) is 9.09. The molecule has 0 unspecified atom stereocenters. The Kier molecular flexibility index (Phi) is 5.98. The van der Waals surface area contributed by atoms with Crippen LogP contribution in [0.4, 0.5) is 5.95 Å². The first-order valence-electron chi connectivity index (χ1n) is 11.2. The van der Waals surface area contributed by atoms with Crippen LogP contribution in [0.3, 0.4) is 0 Å². The van der Waals surface area contributed by atoms with Crippen LogP contribution in [0.15, 0.2) is 41.1 Å². The highest BCUT2D eigenvalue weighted by atomic mass is 16.5. The van der Waals surface area contributed by atoms with Crippen LogP contribution >= 0.6 is 0 Å². The standard InChI is InChI=1S/C23H26N6O5/c1-3-33-19-13-32-12-18(19)27-22-24-9-7-16(26-22)14-5-4-6-15(25-14)17-11-20(34-28-17)23(31)8-10-29(2)21(23)30/h4-7,9,11,18-19,31H,3,8,10,12-13H2,1-2H3,(H,24,26,27)/t18-,19-,23-/m1/s1. The van der Waals surface area contributed by atoms with E-state index in [1.54, 1.807) is 31.4 Å². The lowest BCUT2D eigenvalue weighted by Crippen LogP contribution is -2.35. The molecule has 1 amide bonds. The Morgan fingerprint density at radius 3 is 2.76 bits per heavy atom. The number of amides is 1. The van der Waals surface area contributed by atoms with Crippen molar-refractivity contribution < 1.29 is 23.9 Å². The van der Waals surface area contributed by atoms with Crippen LogP contribution in [0.1, 0.15) is 19.1 Å². The smallest absolute Gasteiger partial charge is 0.262 e. The van der Waals surface area contributed by atoms with Crippen molar-refractivity contribution in [2.24, 2.45) is 0 Å². The number of aliphatic hydroxyl groups is 1. The SMILES string of the molecule is CCO[C@@H]1COC[C@H]1Nc1nccc(-c2cccc(-c3cc([C@]4(O)CCN(C)C4=O)on3)n2)n1. The topological polar surface area (TPSA) is 136 Å². The molecule has 0 spiro atoms. The number of anilines is 1. The van der Waals surface area contributed by atoms with E-state index in [0.29, 0.717) is 55.1 Å². The second-order valence-electron chi connectivity index (χ2n) is 8.37. The fraction of sp³-hybridized carbons (Fsp3) is 0.435. The van der Waals surface area contributed by atoms with Crippen LogP contribution in [0, 0.1) is 0 Å². The molecule has 2 saturated heterocycles. The van der Waals surface area contributed by atoms with E-state index in [2.05, 4.69) is 25.4 Å². The van der Waals surface area contributed by atoms with E-state index in [4.69, 9.17) is 14.0 Å². The summed E-state index contributed by atoms with van der Waals surface area (Å²) >= 11 is 0. The van der Waals surface area contributed by atoms with Gasteiger partial charge in [-0.05, 0) is 25.1 Å². The van der Waals surface area contributed by atoms with Gasteiger partial charge in [0.25, 0.3) is 5.91 Å². The van der Waals surface area contributed by atoms with Gasteiger partial charge in [0.05, 0.1) is 36.3 Å². The van der Waals surface area contributed by atoms with Crippen LogP contribution in [-0.4, -0.2) is 81.6 Å². The van der Waals surface area contributed by atoms with Crippen molar-refractivity contribution in [2.45, 2.75) is 31.1 Å². The van der Waals surface area contributed by atoms with Gasteiger partial charge in [0.1, 0.15) is 11.8 Å². The van der Waals surface area contributed by atoms with Crippen LogP contribution in [-0.2, 0) is 19.9 Å². The molecule has 3 aromatic heterocycles. The lowest BCUT2D eigenvalue weighted by Gasteiger charge is -2.18.